The molecule has 2 aliphatic heterocycles. The first-order valence-electron chi connectivity index (χ1n) is 9.17. The molecule has 0 bridgehead atoms. The van der Waals surface area contributed by atoms with Crippen molar-refractivity contribution >= 4 is 35.6 Å². The summed E-state index contributed by atoms with van der Waals surface area (Å²) >= 11 is 0. The molecule has 2 aromatic rings. The van der Waals surface area contributed by atoms with E-state index in [1.807, 2.05) is 12.1 Å². The number of benzene rings is 1. The summed E-state index contributed by atoms with van der Waals surface area (Å²) in [5.74, 6) is 2.30. The predicted molar refractivity (Wildman–Crippen MR) is 114 cm³/mol. The lowest BCUT2D eigenvalue weighted by Gasteiger charge is -2.36. The van der Waals surface area contributed by atoms with E-state index in [2.05, 4.69) is 29.6 Å². The first kappa shape index (κ1) is 19.8. The van der Waals surface area contributed by atoms with E-state index in [0.717, 1.165) is 56.5 Å². The molecule has 0 saturated carbocycles. The maximum atomic E-state index is 13.1. The maximum Gasteiger partial charge on any atom is 0.191 e. The average molecular weight is 485 g/mol. The number of hydrogen-bond donors (Lipinski definition) is 1. The Bertz CT molecular complexity index is 782. The number of fused-ring (bicyclic) bond motifs is 1. The Morgan fingerprint density at radius 2 is 1.78 bits per heavy atom. The zero-order valence-electron chi connectivity index (χ0n) is 15.2. The number of piperazine rings is 1. The normalized spacial score (nSPS) is 17.4. The minimum atomic E-state index is -0.209. The molecule has 3 heterocycles. The summed E-state index contributed by atoms with van der Waals surface area (Å²) in [7, 11) is 0. The Balaban J connectivity index is 0.00000210. The van der Waals surface area contributed by atoms with E-state index in [9.17, 15) is 4.39 Å². The number of guanidine groups is 1. The van der Waals surface area contributed by atoms with Crippen molar-refractivity contribution < 1.29 is 4.39 Å². The number of aryl methyl sites for hydroxylation is 1. The van der Waals surface area contributed by atoms with Crippen molar-refractivity contribution in [1.29, 1.82) is 0 Å². The first-order valence-corrected chi connectivity index (χ1v) is 9.17. The Morgan fingerprint density at radius 1 is 1.04 bits per heavy atom. The van der Waals surface area contributed by atoms with E-state index in [1.165, 1.54) is 25.0 Å². The third kappa shape index (κ3) is 4.50. The summed E-state index contributed by atoms with van der Waals surface area (Å²) in [6.07, 6.45) is 3.35. The lowest BCUT2D eigenvalue weighted by molar-refractivity contribution is 0.380. The number of nitrogens with two attached hydrogens (primary N) is 1. The summed E-state index contributed by atoms with van der Waals surface area (Å²) in [6, 6.07) is 6.63. The van der Waals surface area contributed by atoms with Crippen LogP contribution in [0.5, 0.6) is 0 Å². The van der Waals surface area contributed by atoms with Gasteiger partial charge in [-0.05, 0) is 37.1 Å². The molecule has 0 atom stereocenters. The van der Waals surface area contributed by atoms with Gasteiger partial charge in [-0.15, -0.1) is 34.2 Å². The second kappa shape index (κ2) is 8.85. The molecule has 2 aliphatic rings. The molecule has 0 aliphatic carbocycles. The molecule has 1 fully saturated rings. The third-order valence-electron chi connectivity index (χ3n) is 5.11. The first-order chi connectivity index (χ1) is 12.7. The molecule has 0 unspecified atom stereocenters. The van der Waals surface area contributed by atoms with Crippen LogP contribution in [0.4, 0.5) is 10.1 Å². The van der Waals surface area contributed by atoms with Crippen LogP contribution < -0.4 is 10.6 Å². The smallest absolute Gasteiger partial charge is 0.191 e. The van der Waals surface area contributed by atoms with Crippen LogP contribution in [0.1, 0.15) is 24.5 Å². The number of rotatable bonds is 3. The second-order valence-electron chi connectivity index (χ2n) is 6.77. The number of anilines is 1. The van der Waals surface area contributed by atoms with Crippen molar-refractivity contribution in [2.24, 2.45) is 10.7 Å². The predicted octanol–water partition coefficient (Wildman–Crippen LogP) is 2.01. The quantitative estimate of drug-likeness (QED) is 0.409. The summed E-state index contributed by atoms with van der Waals surface area (Å²) in [4.78, 5) is 8.86. The van der Waals surface area contributed by atoms with Crippen LogP contribution in [0.2, 0.25) is 0 Å². The van der Waals surface area contributed by atoms with E-state index in [4.69, 9.17) is 5.73 Å². The van der Waals surface area contributed by atoms with Crippen molar-refractivity contribution in [3.8, 4) is 0 Å². The van der Waals surface area contributed by atoms with E-state index in [1.54, 1.807) is 0 Å². The van der Waals surface area contributed by atoms with Crippen molar-refractivity contribution in [3.63, 3.8) is 0 Å². The van der Waals surface area contributed by atoms with Gasteiger partial charge in [0.2, 0.25) is 0 Å². The van der Waals surface area contributed by atoms with E-state index >= 15 is 0 Å². The highest BCUT2D eigenvalue weighted by Gasteiger charge is 2.19. The van der Waals surface area contributed by atoms with Gasteiger partial charge in [0, 0.05) is 44.8 Å². The van der Waals surface area contributed by atoms with Crippen LogP contribution in [0, 0.1) is 5.82 Å². The lowest BCUT2D eigenvalue weighted by atomic mass is 10.2. The van der Waals surface area contributed by atoms with Gasteiger partial charge in [-0.2, -0.15) is 0 Å². The minimum absolute atomic E-state index is 0. The van der Waals surface area contributed by atoms with Crippen LogP contribution in [-0.4, -0.2) is 51.8 Å². The van der Waals surface area contributed by atoms with Crippen molar-refractivity contribution in [3.05, 3.63) is 41.7 Å². The molecular weight excluding hydrogens is 460 g/mol. The largest absolute Gasteiger partial charge is 0.370 e. The zero-order chi connectivity index (χ0) is 17.9. The van der Waals surface area contributed by atoms with Gasteiger partial charge >= 0.3 is 0 Å². The molecule has 4 rings (SSSR count). The molecule has 0 spiro atoms. The van der Waals surface area contributed by atoms with Crippen molar-refractivity contribution in [2.75, 3.05) is 31.1 Å². The molecule has 1 aromatic carbocycles. The molecule has 1 aromatic heterocycles. The highest BCUT2D eigenvalue weighted by molar-refractivity contribution is 14.0. The van der Waals surface area contributed by atoms with Gasteiger partial charge in [-0.1, -0.05) is 0 Å². The van der Waals surface area contributed by atoms with Crippen LogP contribution in [0.15, 0.2) is 29.3 Å². The van der Waals surface area contributed by atoms with Gasteiger partial charge in [0.15, 0.2) is 11.8 Å². The molecule has 7 nitrogen and oxygen atoms in total. The molecule has 0 amide bonds. The molecule has 0 radical (unpaired) electrons. The number of aromatic nitrogens is 3. The van der Waals surface area contributed by atoms with Gasteiger partial charge in [0.05, 0.1) is 0 Å². The Kier molecular flexibility index (Phi) is 6.51. The number of halogens is 2. The Hall–Kier alpha value is -1.91. The second-order valence-corrected chi connectivity index (χ2v) is 6.77. The number of aliphatic imine (C=N–C) groups is 1. The van der Waals surface area contributed by atoms with Crippen molar-refractivity contribution in [1.82, 2.24) is 19.7 Å². The molecule has 9 heteroatoms. The summed E-state index contributed by atoms with van der Waals surface area (Å²) in [6.45, 7) is 4.71. The van der Waals surface area contributed by atoms with Gasteiger partial charge in [0.1, 0.15) is 18.2 Å². The van der Waals surface area contributed by atoms with E-state index in [-0.39, 0.29) is 29.8 Å². The van der Waals surface area contributed by atoms with Gasteiger partial charge in [-0.25, -0.2) is 9.38 Å². The van der Waals surface area contributed by atoms with Gasteiger partial charge in [0.25, 0.3) is 0 Å². The fraction of sp³-hybridized carbons (Fsp3) is 0.500. The summed E-state index contributed by atoms with van der Waals surface area (Å²) < 4.78 is 15.2. The molecule has 1 saturated heterocycles. The number of hydrogen-bond acceptors (Lipinski definition) is 4. The number of nitrogens with zero attached hydrogens (tertiary/aromatic N) is 6. The summed E-state index contributed by atoms with van der Waals surface area (Å²) in [5.41, 5.74) is 7.23. The lowest BCUT2D eigenvalue weighted by Crippen LogP contribution is -2.51. The van der Waals surface area contributed by atoms with E-state index in [0.29, 0.717) is 12.5 Å². The van der Waals surface area contributed by atoms with Crippen LogP contribution in [-0.2, 0) is 19.5 Å². The standard InChI is InChI=1S/C18H24FN7.HI/c19-14-4-6-15(7-5-14)24-9-11-25(12-10-24)18(20)21-13-17-23-22-16-3-1-2-8-26(16)17;/h4-7H,1-3,8-13H2,(H2,20,21);1H. The van der Waals surface area contributed by atoms with Gasteiger partial charge in [-0.3, -0.25) is 0 Å². The SMILES string of the molecule is I.NC(=NCc1nnc2n1CCCC2)N1CCN(c2ccc(F)cc2)CC1. The molecule has 146 valence electrons. The topological polar surface area (TPSA) is 75.6 Å². The van der Waals surface area contributed by atoms with E-state index < -0.39 is 0 Å². The molecular formula is C18H25FIN7. The molecule has 27 heavy (non-hydrogen) atoms. The average Bonchev–Trinajstić information content (AvgIpc) is 3.10. The van der Waals surface area contributed by atoms with Crippen molar-refractivity contribution in [2.45, 2.75) is 32.4 Å². The zero-order valence-corrected chi connectivity index (χ0v) is 17.6. The van der Waals surface area contributed by atoms with Gasteiger partial charge < -0.3 is 20.1 Å². The van der Waals surface area contributed by atoms with Crippen LogP contribution in [0.25, 0.3) is 0 Å². The Labute approximate surface area is 175 Å². The third-order valence-corrected chi connectivity index (χ3v) is 5.11. The fourth-order valence-electron chi connectivity index (χ4n) is 3.58. The fourth-order valence-corrected chi connectivity index (χ4v) is 3.58. The minimum Gasteiger partial charge on any atom is -0.370 e. The monoisotopic (exact) mass is 485 g/mol. The maximum absolute atomic E-state index is 13.1. The molecule has 2 N–H and O–H groups in total. The summed E-state index contributed by atoms with van der Waals surface area (Å²) in [5, 5.41) is 8.52. The highest BCUT2D eigenvalue weighted by atomic mass is 127. The van der Waals surface area contributed by atoms with Crippen LogP contribution in [0.3, 0.4) is 0 Å². The Morgan fingerprint density at radius 3 is 2.52 bits per heavy atom. The highest BCUT2D eigenvalue weighted by Crippen LogP contribution is 2.17. The van der Waals surface area contributed by atoms with Crippen LogP contribution >= 0.6 is 24.0 Å².